The summed E-state index contributed by atoms with van der Waals surface area (Å²) >= 11 is 2.04. The van der Waals surface area contributed by atoms with Gasteiger partial charge in [0.25, 0.3) is 0 Å². The molecular weight excluding hydrogens is 156 g/mol. The molecule has 1 saturated heterocycles. The van der Waals surface area contributed by atoms with Crippen LogP contribution in [0.15, 0.2) is 12.4 Å². The first-order valence-corrected chi connectivity index (χ1v) is 5.10. The van der Waals surface area contributed by atoms with Crippen LogP contribution in [0.4, 0.5) is 0 Å². The van der Waals surface area contributed by atoms with Gasteiger partial charge in [-0.05, 0) is 19.1 Å². The van der Waals surface area contributed by atoms with Crippen molar-refractivity contribution in [2.45, 2.75) is 19.4 Å². The van der Waals surface area contributed by atoms with Gasteiger partial charge in [0.15, 0.2) is 0 Å². The average Bonchev–Trinajstić information content (AvgIpc) is 2.55. The number of rotatable bonds is 1. The Labute approximate surface area is 71.0 Å². The largest absolute Gasteiger partial charge is 0.331 e. The summed E-state index contributed by atoms with van der Waals surface area (Å²) in [7, 11) is 0. The molecule has 0 aliphatic carbocycles. The molecule has 0 saturated carbocycles. The van der Waals surface area contributed by atoms with Crippen LogP contribution in [0.2, 0.25) is 0 Å². The summed E-state index contributed by atoms with van der Waals surface area (Å²) in [5.41, 5.74) is 0. The first-order valence-electron chi connectivity index (χ1n) is 3.95. The molecule has 1 aliphatic heterocycles. The topological polar surface area (TPSA) is 17.8 Å². The summed E-state index contributed by atoms with van der Waals surface area (Å²) in [6, 6.07) is 0.711. The highest BCUT2D eigenvalue weighted by molar-refractivity contribution is 7.99. The van der Waals surface area contributed by atoms with Gasteiger partial charge in [0.2, 0.25) is 0 Å². The lowest BCUT2D eigenvalue weighted by Gasteiger charge is -2.11. The maximum atomic E-state index is 4.21. The number of thioether (sulfide) groups is 1. The summed E-state index contributed by atoms with van der Waals surface area (Å²) in [6.45, 7) is 2.07. The number of nitrogens with zero attached hydrogens (tertiary/aromatic N) is 2. The highest BCUT2D eigenvalue weighted by atomic mass is 32.2. The molecule has 0 aromatic carbocycles. The van der Waals surface area contributed by atoms with Gasteiger partial charge >= 0.3 is 0 Å². The van der Waals surface area contributed by atoms with Crippen molar-refractivity contribution in [3.8, 4) is 0 Å². The number of aromatic nitrogens is 2. The number of hydrogen-bond donors (Lipinski definition) is 0. The van der Waals surface area contributed by atoms with Crippen molar-refractivity contribution in [2.75, 3.05) is 11.5 Å². The molecule has 0 radical (unpaired) electrons. The first kappa shape index (κ1) is 7.22. The maximum Gasteiger partial charge on any atom is 0.105 e. The first-order chi connectivity index (χ1) is 5.38. The Hall–Kier alpha value is -0.440. The van der Waals surface area contributed by atoms with Crippen molar-refractivity contribution in [2.24, 2.45) is 0 Å². The van der Waals surface area contributed by atoms with E-state index in [1.54, 1.807) is 0 Å². The molecule has 1 atom stereocenters. The molecule has 1 fully saturated rings. The van der Waals surface area contributed by atoms with Gasteiger partial charge in [-0.2, -0.15) is 11.8 Å². The molecule has 2 nitrogen and oxygen atoms in total. The van der Waals surface area contributed by atoms with Crippen molar-refractivity contribution in [3.63, 3.8) is 0 Å². The second-order valence-electron chi connectivity index (χ2n) is 2.90. The van der Waals surface area contributed by atoms with Crippen LogP contribution in [0.5, 0.6) is 0 Å². The Kier molecular flexibility index (Phi) is 1.90. The van der Waals surface area contributed by atoms with Crippen molar-refractivity contribution in [3.05, 3.63) is 18.2 Å². The van der Waals surface area contributed by atoms with Crippen molar-refractivity contribution in [1.82, 2.24) is 9.55 Å². The number of imidazole rings is 1. The van der Waals surface area contributed by atoms with Gasteiger partial charge in [0.1, 0.15) is 5.82 Å². The monoisotopic (exact) mass is 168 g/mol. The summed E-state index contributed by atoms with van der Waals surface area (Å²) in [5.74, 6) is 3.72. The minimum absolute atomic E-state index is 0.711. The van der Waals surface area contributed by atoms with Gasteiger partial charge in [-0.3, -0.25) is 0 Å². The van der Waals surface area contributed by atoms with E-state index in [1.807, 2.05) is 18.0 Å². The maximum absolute atomic E-state index is 4.21. The predicted octanol–water partition coefficient (Wildman–Crippen LogP) is 1.87. The molecular formula is C8H12N2S. The van der Waals surface area contributed by atoms with E-state index in [0.717, 1.165) is 5.82 Å². The molecule has 2 rings (SSSR count). The highest BCUT2D eigenvalue weighted by Gasteiger charge is 2.17. The lowest BCUT2D eigenvalue weighted by atomic mass is 10.2. The Balaban J connectivity index is 2.21. The van der Waals surface area contributed by atoms with E-state index in [0.29, 0.717) is 6.04 Å². The second-order valence-corrected chi connectivity index (χ2v) is 4.05. The van der Waals surface area contributed by atoms with Gasteiger partial charge in [-0.25, -0.2) is 4.98 Å². The Morgan fingerprint density at radius 1 is 1.73 bits per heavy atom. The molecule has 60 valence electrons. The summed E-state index contributed by atoms with van der Waals surface area (Å²) < 4.78 is 2.29. The van der Waals surface area contributed by atoms with Gasteiger partial charge in [0.05, 0.1) is 0 Å². The molecule has 0 N–H and O–H groups in total. The zero-order chi connectivity index (χ0) is 7.68. The quantitative estimate of drug-likeness (QED) is 0.637. The fraction of sp³-hybridized carbons (Fsp3) is 0.625. The fourth-order valence-corrected chi connectivity index (χ4v) is 2.72. The molecule has 1 aliphatic rings. The molecule has 1 unspecified atom stereocenters. The molecule has 0 bridgehead atoms. The molecule has 1 aromatic heterocycles. The highest BCUT2D eigenvalue weighted by Crippen LogP contribution is 2.28. The zero-order valence-electron chi connectivity index (χ0n) is 6.66. The van der Waals surface area contributed by atoms with Crippen LogP contribution in [-0.4, -0.2) is 21.1 Å². The van der Waals surface area contributed by atoms with Crippen molar-refractivity contribution in [1.29, 1.82) is 0 Å². The summed E-state index contributed by atoms with van der Waals surface area (Å²) in [5, 5.41) is 0. The molecule has 0 amide bonds. The zero-order valence-corrected chi connectivity index (χ0v) is 7.47. The Bertz CT molecular complexity index is 238. The van der Waals surface area contributed by atoms with E-state index in [4.69, 9.17) is 0 Å². The minimum Gasteiger partial charge on any atom is -0.331 e. The van der Waals surface area contributed by atoms with E-state index in [1.165, 1.54) is 17.9 Å². The van der Waals surface area contributed by atoms with Gasteiger partial charge < -0.3 is 4.57 Å². The van der Waals surface area contributed by atoms with Crippen molar-refractivity contribution < 1.29 is 0 Å². The fourth-order valence-electron chi connectivity index (χ4n) is 1.51. The molecule has 3 heteroatoms. The second kappa shape index (κ2) is 2.89. The smallest absolute Gasteiger partial charge is 0.105 e. The van der Waals surface area contributed by atoms with Crippen molar-refractivity contribution >= 4 is 11.8 Å². The van der Waals surface area contributed by atoms with Gasteiger partial charge in [0, 0.05) is 24.2 Å². The Morgan fingerprint density at radius 3 is 3.18 bits per heavy atom. The number of hydrogen-bond acceptors (Lipinski definition) is 2. The SMILES string of the molecule is Cc1nccn1C1CCSC1. The third-order valence-corrected chi connectivity index (χ3v) is 3.31. The van der Waals surface area contributed by atoms with E-state index >= 15 is 0 Å². The predicted molar refractivity (Wildman–Crippen MR) is 47.9 cm³/mol. The third-order valence-electron chi connectivity index (χ3n) is 2.16. The van der Waals surface area contributed by atoms with Crippen LogP contribution in [0.1, 0.15) is 18.3 Å². The molecule has 1 aromatic rings. The molecule has 2 heterocycles. The van der Waals surface area contributed by atoms with E-state index in [9.17, 15) is 0 Å². The van der Waals surface area contributed by atoms with E-state index in [-0.39, 0.29) is 0 Å². The number of aryl methyl sites for hydroxylation is 1. The standard InChI is InChI=1S/C8H12N2S/c1-7-9-3-4-10(7)8-2-5-11-6-8/h3-4,8H,2,5-6H2,1H3. The third kappa shape index (κ3) is 1.29. The average molecular weight is 168 g/mol. The summed E-state index contributed by atoms with van der Waals surface area (Å²) in [4.78, 5) is 4.21. The van der Waals surface area contributed by atoms with E-state index < -0.39 is 0 Å². The lowest BCUT2D eigenvalue weighted by molar-refractivity contribution is 0.546. The van der Waals surface area contributed by atoms with Crippen LogP contribution in [0.25, 0.3) is 0 Å². The summed E-state index contributed by atoms with van der Waals surface area (Å²) in [6.07, 6.45) is 5.28. The van der Waals surface area contributed by atoms with Gasteiger partial charge in [-0.15, -0.1) is 0 Å². The van der Waals surface area contributed by atoms with E-state index in [2.05, 4.69) is 22.7 Å². The van der Waals surface area contributed by atoms with Crippen LogP contribution in [0, 0.1) is 6.92 Å². The molecule has 11 heavy (non-hydrogen) atoms. The Morgan fingerprint density at radius 2 is 2.64 bits per heavy atom. The van der Waals surface area contributed by atoms with Crippen LogP contribution < -0.4 is 0 Å². The minimum atomic E-state index is 0.711. The molecule has 0 spiro atoms. The lowest BCUT2D eigenvalue weighted by Crippen LogP contribution is -2.08. The van der Waals surface area contributed by atoms with Crippen LogP contribution in [-0.2, 0) is 0 Å². The van der Waals surface area contributed by atoms with Gasteiger partial charge in [-0.1, -0.05) is 0 Å². The van der Waals surface area contributed by atoms with Crippen LogP contribution >= 0.6 is 11.8 Å². The van der Waals surface area contributed by atoms with Crippen LogP contribution in [0.3, 0.4) is 0 Å². The normalized spacial score (nSPS) is 24.3.